The third kappa shape index (κ3) is 5.91. The lowest BCUT2D eigenvalue weighted by Crippen LogP contribution is -2.17. The number of anilines is 2. The van der Waals surface area contributed by atoms with Crippen LogP contribution in [0.2, 0.25) is 0 Å². The predicted molar refractivity (Wildman–Crippen MR) is 241 cm³/mol. The predicted octanol–water partition coefficient (Wildman–Crippen LogP) is 15.1. The molecule has 0 atom stereocenters. The summed E-state index contributed by atoms with van der Waals surface area (Å²) in [6.07, 6.45) is 15.3. The molecule has 0 saturated heterocycles. The number of furan rings is 1. The Kier molecular flexibility index (Phi) is 8.10. The molecule has 0 spiro atoms. The summed E-state index contributed by atoms with van der Waals surface area (Å²) in [7, 11) is 0. The molecule has 2 aliphatic carbocycles. The molecule has 0 radical (unpaired) electrons. The summed E-state index contributed by atoms with van der Waals surface area (Å²) in [5, 5.41) is 4.92. The second kappa shape index (κ2) is 13.9. The van der Waals surface area contributed by atoms with Gasteiger partial charge in [0.25, 0.3) is 0 Å². The topological polar surface area (TPSA) is 21.3 Å². The van der Waals surface area contributed by atoms with Crippen LogP contribution in [0, 0.1) is 0 Å². The Morgan fingerprint density at radius 2 is 1.07 bits per heavy atom. The van der Waals surface area contributed by atoms with Crippen molar-refractivity contribution in [3.05, 3.63) is 205 Å². The van der Waals surface area contributed by atoms with Gasteiger partial charge in [0.2, 0.25) is 0 Å². The van der Waals surface area contributed by atoms with Crippen molar-refractivity contribution < 1.29 is 4.42 Å². The Balaban J connectivity index is 0.961. The highest BCUT2D eigenvalue weighted by Gasteiger charge is 2.20. The number of nitrogens with zero attached hydrogens (tertiary/aromatic N) is 2. The first-order valence-corrected chi connectivity index (χ1v) is 20.0. The minimum absolute atomic E-state index is 0.922. The first-order chi connectivity index (χ1) is 28.2. The van der Waals surface area contributed by atoms with Crippen LogP contribution in [0.5, 0.6) is 0 Å². The van der Waals surface area contributed by atoms with Gasteiger partial charge in [-0.2, -0.15) is 0 Å². The number of fused-ring (bicyclic) bond motifs is 6. The van der Waals surface area contributed by atoms with Gasteiger partial charge in [-0.05, 0) is 132 Å². The van der Waals surface area contributed by atoms with E-state index in [1.807, 2.05) is 12.1 Å². The molecule has 0 fully saturated rings. The zero-order valence-corrected chi connectivity index (χ0v) is 31.6. The lowest BCUT2D eigenvalue weighted by molar-refractivity contribution is 0.669. The van der Waals surface area contributed by atoms with E-state index in [1.54, 1.807) is 0 Å². The third-order valence-electron chi connectivity index (χ3n) is 11.8. The highest BCUT2D eigenvalue weighted by atomic mass is 16.3. The summed E-state index contributed by atoms with van der Waals surface area (Å²) in [5.41, 5.74) is 16.8. The van der Waals surface area contributed by atoms with Crippen LogP contribution in [0.25, 0.3) is 77.3 Å². The Morgan fingerprint density at radius 1 is 0.439 bits per heavy atom. The second-order valence-corrected chi connectivity index (χ2v) is 15.2. The molecule has 3 heteroatoms. The minimum Gasteiger partial charge on any atom is -0.456 e. The Morgan fingerprint density at radius 3 is 1.82 bits per heavy atom. The maximum Gasteiger partial charge on any atom is 0.135 e. The third-order valence-corrected chi connectivity index (χ3v) is 11.8. The molecule has 11 rings (SSSR count). The molecule has 0 N–H and O–H groups in total. The Labute approximate surface area is 332 Å². The van der Waals surface area contributed by atoms with E-state index in [2.05, 4.69) is 192 Å². The van der Waals surface area contributed by atoms with Crippen molar-refractivity contribution in [2.75, 3.05) is 4.90 Å². The lowest BCUT2D eigenvalue weighted by atomic mass is 9.93. The second-order valence-electron chi connectivity index (χ2n) is 15.2. The molecule has 0 aliphatic heterocycles. The van der Waals surface area contributed by atoms with Gasteiger partial charge in [0.1, 0.15) is 11.2 Å². The maximum absolute atomic E-state index is 6.13. The average molecular weight is 733 g/mol. The van der Waals surface area contributed by atoms with E-state index in [4.69, 9.17) is 4.42 Å². The van der Waals surface area contributed by atoms with E-state index < -0.39 is 0 Å². The van der Waals surface area contributed by atoms with Crippen LogP contribution in [-0.4, -0.2) is 4.57 Å². The first-order valence-electron chi connectivity index (χ1n) is 20.0. The molecule has 0 bridgehead atoms. The Hall–Kier alpha value is -7.10. The highest BCUT2D eigenvalue weighted by molar-refractivity contribution is 6.11. The zero-order chi connectivity index (χ0) is 37.7. The number of allylic oxidation sites excluding steroid dienone is 8. The normalized spacial score (nSPS) is 14.3. The molecule has 3 nitrogen and oxygen atoms in total. The van der Waals surface area contributed by atoms with Crippen molar-refractivity contribution in [1.82, 2.24) is 4.57 Å². The van der Waals surface area contributed by atoms with E-state index >= 15 is 0 Å². The molecule has 57 heavy (non-hydrogen) atoms. The summed E-state index contributed by atoms with van der Waals surface area (Å²) < 4.78 is 8.59. The number of aromatic nitrogens is 1. The lowest BCUT2D eigenvalue weighted by Gasteiger charge is -2.30. The van der Waals surface area contributed by atoms with Gasteiger partial charge in [-0.25, -0.2) is 0 Å². The van der Waals surface area contributed by atoms with Crippen molar-refractivity contribution in [1.29, 1.82) is 0 Å². The van der Waals surface area contributed by atoms with Crippen LogP contribution in [-0.2, 0) is 0 Å². The fraction of sp³-hybridized carbons (Fsp3) is 0.0741. The summed E-state index contributed by atoms with van der Waals surface area (Å²) in [6.45, 7) is 0. The van der Waals surface area contributed by atoms with Crippen LogP contribution in [0.3, 0.4) is 0 Å². The quantitative estimate of drug-likeness (QED) is 0.163. The molecule has 7 aromatic carbocycles. The summed E-state index contributed by atoms with van der Waals surface area (Å²) >= 11 is 0. The maximum atomic E-state index is 6.13. The van der Waals surface area contributed by atoms with Gasteiger partial charge in [-0.3, -0.25) is 0 Å². The van der Waals surface area contributed by atoms with E-state index in [0.717, 1.165) is 53.6 Å². The number of benzene rings is 7. The van der Waals surface area contributed by atoms with Crippen molar-refractivity contribution >= 4 is 66.4 Å². The van der Waals surface area contributed by atoms with Crippen molar-refractivity contribution in [3.63, 3.8) is 0 Å². The molecule has 0 unspecified atom stereocenters. The molecule has 0 amide bonds. The summed E-state index contributed by atoms with van der Waals surface area (Å²) in [6, 6.07) is 59.5. The zero-order valence-electron chi connectivity index (χ0n) is 31.6. The SMILES string of the molecule is C1=CCCC(n2c3ccccc3c3cc(-c4ccc(N(C5=CC=C(c6ccc7oc8ccccc8c7c6)CC5)c5ccc(-c6ccccc6)cc5)cc4)ccc32)=C1. The van der Waals surface area contributed by atoms with Gasteiger partial charge in [0.05, 0.1) is 11.0 Å². The molecule has 2 heterocycles. The van der Waals surface area contributed by atoms with Gasteiger partial charge >= 0.3 is 0 Å². The van der Waals surface area contributed by atoms with E-state index in [9.17, 15) is 0 Å². The van der Waals surface area contributed by atoms with Gasteiger partial charge in [0, 0.05) is 44.3 Å². The molecule has 272 valence electrons. The van der Waals surface area contributed by atoms with E-state index in [-0.39, 0.29) is 0 Å². The molecule has 2 aliphatic rings. The van der Waals surface area contributed by atoms with Gasteiger partial charge in [0.15, 0.2) is 0 Å². The first kappa shape index (κ1) is 33.3. The van der Waals surface area contributed by atoms with E-state index in [0.29, 0.717) is 0 Å². The number of hydrogen-bond donors (Lipinski definition) is 0. The van der Waals surface area contributed by atoms with Crippen LogP contribution in [0.1, 0.15) is 31.2 Å². The molecular formula is C54H40N2O. The smallest absolute Gasteiger partial charge is 0.135 e. The monoisotopic (exact) mass is 732 g/mol. The van der Waals surface area contributed by atoms with Crippen LogP contribution >= 0.6 is 0 Å². The largest absolute Gasteiger partial charge is 0.456 e. The highest BCUT2D eigenvalue weighted by Crippen LogP contribution is 2.41. The standard InChI is InChI=1S/C54H40N2O/c1-3-11-37(12-4-1)38-19-27-44(28-20-38)55(46-31-23-40(24-32-46)42-26-34-54-50(36-42)48-16-8-10-18-53(48)57-54)45-29-21-39(22-30-45)41-25-33-52-49(35-41)47-15-7-9-17-51(47)56(52)43-13-5-2-6-14-43/h1-5,7-13,15-23,25-31,33-36H,6,14,24,32H2. The fourth-order valence-electron chi connectivity index (χ4n) is 8.93. The number of para-hydroxylation sites is 2. The molecule has 2 aromatic heterocycles. The van der Waals surface area contributed by atoms with Gasteiger partial charge in [-0.15, -0.1) is 0 Å². The van der Waals surface area contributed by atoms with Gasteiger partial charge in [-0.1, -0.05) is 121 Å². The number of hydrogen-bond acceptors (Lipinski definition) is 2. The van der Waals surface area contributed by atoms with E-state index in [1.165, 1.54) is 72.0 Å². The van der Waals surface area contributed by atoms with Crippen molar-refractivity contribution in [2.24, 2.45) is 0 Å². The summed E-state index contributed by atoms with van der Waals surface area (Å²) in [5.74, 6) is 0. The summed E-state index contributed by atoms with van der Waals surface area (Å²) in [4.78, 5) is 2.43. The van der Waals surface area contributed by atoms with Gasteiger partial charge < -0.3 is 13.9 Å². The molecule has 0 saturated carbocycles. The molecule has 9 aromatic rings. The minimum atomic E-state index is 0.922. The van der Waals surface area contributed by atoms with Crippen LogP contribution in [0.4, 0.5) is 11.4 Å². The van der Waals surface area contributed by atoms with Crippen molar-refractivity contribution in [2.45, 2.75) is 25.7 Å². The number of rotatable bonds is 7. The van der Waals surface area contributed by atoms with Crippen LogP contribution < -0.4 is 4.90 Å². The average Bonchev–Trinajstić information content (AvgIpc) is 3.83. The Bertz CT molecular complexity index is 3100. The fourth-order valence-corrected chi connectivity index (χ4v) is 8.93. The van der Waals surface area contributed by atoms with Crippen molar-refractivity contribution in [3.8, 4) is 22.3 Å². The van der Waals surface area contributed by atoms with Crippen LogP contribution in [0.15, 0.2) is 204 Å². The molecular weight excluding hydrogens is 693 g/mol.